The van der Waals surface area contributed by atoms with Gasteiger partial charge in [0.1, 0.15) is 5.75 Å². The summed E-state index contributed by atoms with van der Waals surface area (Å²) in [5.74, 6) is -10.4. The van der Waals surface area contributed by atoms with Crippen LogP contribution in [0, 0.1) is 23.7 Å². The second-order valence-corrected chi connectivity index (χ2v) is 11.4. The van der Waals surface area contributed by atoms with Crippen LogP contribution in [0.2, 0.25) is 0 Å². The monoisotopic (exact) mass is 542 g/mol. The number of anilines is 1. The molecule has 11 heteroatoms. The molecule has 0 bridgehead atoms. The molecule has 0 spiro atoms. The first-order valence-electron chi connectivity index (χ1n) is 13.3. The number of fused-ring (bicyclic) bond motifs is 3. The molecule has 2 unspecified atom stereocenters. The molecule has 1 amide bonds. The summed E-state index contributed by atoms with van der Waals surface area (Å²) in [5, 5.41) is 22.7. The number of aromatic hydroxyl groups is 1. The van der Waals surface area contributed by atoms with E-state index in [0.29, 0.717) is 12.1 Å². The van der Waals surface area contributed by atoms with Gasteiger partial charge in [-0.2, -0.15) is 0 Å². The van der Waals surface area contributed by atoms with E-state index in [4.69, 9.17) is 5.73 Å². The number of hydrogen-bond donors (Lipinski definition) is 3. The average molecular weight is 543 g/mol. The van der Waals surface area contributed by atoms with Crippen molar-refractivity contribution in [2.45, 2.75) is 44.9 Å². The molecule has 2 saturated carbocycles. The standard InChI is InChI=1S/C28H38N4O7/c1-7-32(8-2)12-14-11-17(33)19-15(21(14)30(3)4)9-13-10-16-22(31(5)6)24(35)20(27(29)38)26(37)28(16,39)25(36)18(13)23(19)34/h11,13,16,18,20,22,33,39H,7-10,12H2,1-6H3,(H2,29,38)/t13-,16-,18?,20?,22-,28-/m0/s1. The first-order chi connectivity index (χ1) is 18.2. The highest BCUT2D eigenvalue weighted by molar-refractivity contribution is 6.32. The van der Waals surface area contributed by atoms with Gasteiger partial charge in [-0.15, -0.1) is 0 Å². The predicted molar refractivity (Wildman–Crippen MR) is 142 cm³/mol. The van der Waals surface area contributed by atoms with Crippen LogP contribution in [0.25, 0.3) is 0 Å². The van der Waals surface area contributed by atoms with Gasteiger partial charge in [0.05, 0.1) is 17.5 Å². The predicted octanol–water partition coefficient (Wildman–Crippen LogP) is -0.225. The first kappa shape index (κ1) is 28.8. The molecule has 2 fully saturated rings. The number of phenols is 1. The van der Waals surface area contributed by atoms with Crippen LogP contribution in [-0.4, -0.2) is 102 Å². The van der Waals surface area contributed by atoms with Gasteiger partial charge < -0.3 is 20.8 Å². The van der Waals surface area contributed by atoms with Gasteiger partial charge in [0.15, 0.2) is 34.7 Å². The number of aliphatic hydroxyl groups is 1. The van der Waals surface area contributed by atoms with Crippen molar-refractivity contribution in [3.63, 3.8) is 0 Å². The van der Waals surface area contributed by atoms with Crippen molar-refractivity contribution in [3.8, 4) is 5.75 Å². The SMILES string of the molecule is CCN(CC)Cc1cc(O)c2c(c1N(C)C)C[C@H]1C[C@H]3[C@H](N(C)C)C(=O)C(C(N)=O)C(=O)[C@@]3(O)C(=O)C1C2=O. The van der Waals surface area contributed by atoms with E-state index in [1.54, 1.807) is 20.2 Å². The molecule has 3 aliphatic carbocycles. The first-order valence-corrected chi connectivity index (χ1v) is 13.3. The minimum absolute atomic E-state index is 0.00796. The van der Waals surface area contributed by atoms with Crippen molar-refractivity contribution in [3.05, 3.63) is 22.8 Å². The highest BCUT2D eigenvalue weighted by Gasteiger charge is 2.69. The Morgan fingerprint density at radius 3 is 2.21 bits per heavy atom. The largest absolute Gasteiger partial charge is 0.507 e. The zero-order valence-electron chi connectivity index (χ0n) is 23.4. The van der Waals surface area contributed by atoms with Gasteiger partial charge in [0, 0.05) is 32.2 Å². The molecule has 212 valence electrons. The Kier molecular flexibility index (Phi) is 7.48. The summed E-state index contributed by atoms with van der Waals surface area (Å²) >= 11 is 0. The number of Topliss-reactive ketones (excluding diaryl/α,β-unsaturated/α-hetero) is 4. The van der Waals surface area contributed by atoms with Crippen molar-refractivity contribution >= 4 is 34.7 Å². The number of ketones is 4. The number of nitrogens with two attached hydrogens (primary N) is 1. The Balaban J connectivity index is 1.88. The van der Waals surface area contributed by atoms with E-state index in [2.05, 4.69) is 4.90 Å². The van der Waals surface area contributed by atoms with Gasteiger partial charge >= 0.3 is 0 Å². The molecular weight excluding hydrogens is 504 g/mol. The normalized spacial score (nSPS) is 30.3. The van der Waals surface area contributed by atoms with Crippen molar-refractivity contribution in [2.75, 3.05) is 46.2 Å². The summed E-state index contributed by atoms with van der Waals surface area (Å²) in [6.45, 7) is 6.21. The Morgan fingerprint density at radius 1 is 1.08 bits per heavy atom. The number of hydrogen-bond acceptors (Lipinski definition) is 10. The fraction of sp³-hybridized carbons (Fsp3) is 0.607. The number of nitrogens with zero attached hydrogens (tertiary/aromatic N) is 3. The van der Waals surface area contributed by atoms with Gasteiger partial charge in [-0.05, 0) is 63.1 Å². The van der Waals surface area contributed by atoms with Crippen molar-refractivity contribution < 1.29 is 34.2 Å². The third kappa shape index (κ3) is 4.18. The Bertz CT molecular complexity index is 1250. The molecular formula is C28H38N4O7. The van der Waals surface area contributed by atoms with Gasteiger partial charge in [-0.25, -0.2) is 0 Å². The van der Waals surface area contributed by atoms with Crippen LogP contribution in [-0.2, 0) is 32.1 Å². The Morgan fingerprint density at radius 2 is 1.69 bits per heavy atom. The summed E-state index contributed by atoms with van der Waals surface area (Å²) in [7, 11) is 6.83. The van der Waals surface area contributed by atoms with E-state index < -0.39 is 64.4 Å². The van der Waals surface area contributed by atoms with E-state index in [0.717, 1.165) is 24.3 Å². The number of benzene rings is 1. The van der Waals surface area contributed by atoms with E-state index in [1.165, 1.54) is 4.90 Å². The van der Waals surface area contributed by atoms with Gasteiger partial charge in [0.2, 0.25) is 5.91 Å². The average Bonchev–Trinajstić information content (AvgIpc) is 2.83. The molecule has 0 aromatic heterocycles. The lowest BCUT2D eigenvalue weighted by atomic mass is 9.52. The molecule has 0 saturated heterocycles. The molecule has 3 aliphatic rings. The maximum atomic E-state index is 13.9. The topological polar surface area (TPSA) is 162 Å². The molecule has 0 aliphatic heterocycles. The van der Waals surface area contributed by atoms with Crippen LogP contribution in [0.1, 0.15) is 41.8 Å². The second kappa shape index (κ2) is 10.1. The van der Waals surface area contributed by atoms with Gasteiger partial charge in [0.25, 0.3) is 0 Å². The quantitative estimate of drug-likeness (QED) is 0.393. The minimum Gasteiger partial charge on any atom is -0.507 e. The zero-order valence-corrected chi connectivity index (χ0v) is 23.4. The van der Waals surface area contributed by atoms with E-state index in [-0.39, 0.29) is 24.2 Å². The summed E-state index contributed by atoms with van der Waals surface area (Å²) in [6, 6.07) is 0.424. The molecule has 0 radical (unpaired) electrons. The molecule has 4 rings (SSSR count). The van der Waals surface area contributed by atoms with Crippen LogP contribution < -0.4 is 10.6 Å². The lowest BCUT2D eigenvalue weighted by molar-refractivity contribution is -0.181. The fourth-order valence-electron chi connectivity index (χ4n) is 7.09. The Hall–Kier alpha value is -3.15. The van der Waals surface area contributed by atoms with Crippen LogP contribution in [0.3, 0.4) is 0 Å². The van der Waals surface area contributed by atoms with Crippen molar-refractivity contribution in [1.29, 1.82) is 0 Å². The highest BCUT2D eigenvalue weighted by Crippen LogP contribution is 2.52. The van der Waals surface area contributed by atoms with Crippen molar-refractivity contribution in [1.82, 2.24) is 9.80 Å². The van der Waals surface area contributed by atoms with Crippen LogP contribution in [0.4, 0.5) is 5.69 Å². The number of phenolic OH excluding ortho intramolecular Hbond substituents is 1. The van der Waals surface area contributed by atoms with Crippen LogP contribution in [0.15, 0.2) is 6.07 Å². The maximum Gasteiger partial charge on any atom is 0.235 e. The number of primary amides is 1. The van der Waals surface area contributed by atoms with Gasteiger partial charge in [-0.3, -0.25) is 33.8 Å². The number of likely N-dealkylation sites (N-methyl/N-ethyl adjacent to an activating group) is 1. The second-order valence-electron chi connectivity index (χ2n) is 11.4. The molecule has 1 aromatic rings. The molecule has 6 atom stereocenters. The minimum atomic E-state index is -2.72. The molecule has 1 aromatic carbocycles. The van der Waals surface area contributed by atoms with Gasteiger partial charge in [-0.1, -0.05) is 13.8 Å². The summed E-state index contributed by atoms with van der Waals surface area (Å²) in [4.78, 5) is 72.1. The third-order valence-electron chi connectivity index (χ3n) is 8.85. The Labute approximate surface area is 227 Å². The zero-order chi connectivity index (χ0) is 29.1. The number of carbonyl (C=O) groups excluding carboxylic acids is 5. The van der Waals surface area contributed by atoms with E-state index in [9.17, 15) is 34.2 Å². The summed E-state index contributed by atoms with van der Waals surface area (Å²) in [5.41, 5.74) is 4.87. The number of rotatable bonds is 7. The molecule has 39 heavy (non-hydrogen) atoms. The van der Waals surface area contributed by atoms with Crippen LogP contribution >= 0.6 is 0 Å². The number of carbonyl (C=O) groups is 5. The summed E-state index contributed by atoms with van der Waals surface area (Å²) in [6.07, 6.45) is 0.261. The van der Waals surface area contributed by atoms with Crippen LogP contribution in [0.5, 0.6) is 5.75 Å². The fourth-order valence-corrected chi connectivity index (χ4v) is 7.09. The van der Waals surface area contributed by atoms with E-state index in [1.807, 2.05) is 32.8 Å². The molecule has 0 heterocycles. The van der Waals surface area contributed by atoms with Crippen molar-refractivity contribution in [2.24, 2.45) is 29.4 Å². The lowest BCUT2D eigenvalue weighted by Gasteiger charge is -2.52. The lowest BCUT2D eigenvalue weighted by Crippen LogP contribution is -2.74. The van der Waals surface area contributed by atoms with E-state index >= 15 is 0 Å². The smallest absolute Gasteiger partial charge is 0.235 e. The maximum absolute atomic E-state index is 13.9. The molecule has 11 nitrogen and oxygen atoms in total. The summed E-state index contributed by atoms with van der Waals surface area (Å²) < 4.78 is 0. The molecule has 4 N–H and O–H groups in total. The highest BCUT2D eigenvalue weighted by atomic mass is 16.3. The third-order valence-corrected chi connectivity index (χ3v) is 8.85. The number of amides is 1.